The Labute approximate surface area is 149 Å². The molecule has 1 saturated carbocycles. The summed E-state index contributed by atoms with van der Waals surface area (Å²) in [5.74, 6) is 0.271. The van der Waals surface area contributed by atoms with Crippen LogP contribution >= 0.6 is 0 Å². The van der Waals surface area contributed by atoms with E-state index in [1.165, 1.54) is 0 Å². The number of hydrogen-bond acceptors (Lipinski definition) is 4. The third kappa shape index (κ3) is 3.20. The van der Waals surface area contributed by atoms with Crippen molar-refractivity contribution in [1.29, 1.82) is 0 Å². The smallest absolute Gasteiger partial charge is 0.237 e. The van der Waals surface area contributed by atoms with Crippen molar-refractivity contribution < 1.29 is 9.59 Å². The van der Waals surface area contributed by atoms with E-state index in [1.807, 2.05) is 50.8 Å². The fourth-order valence-corrected chi connectivity index (χ4v) is 3.64. The molecule has 0 saturated heterocycles. The van der Waals surface area contributed by atoms with Crippen LogP contribution in [-0.4, -0.2) is 23.4 Å². The van der Waals surface area contributed by atoms with E-state index in [-0.39, 0.29) is 17.7 Å². The van der Waals surface area contributed by atoms with Gasteiger partial charge >= 0.3 is 0 Å². The lowest BCUT2D eigenvalue weighted by atomic mass is 9.86. The van der Waals surface area contributed by atoms with Crippen molar-refractivity contribution in [2.75, 3.05) is 10.3 Å². The van der Waals surface area contributed by atoms with E-state index >= 15 is 0 Å². The molecule has 0 bridgehead atoms. The van der Waals surface area contributed by atoms with Gasteiger partial charge < -0.3 is 4.90 Å². The van der Waals surface area contributed by atoms with Crippen LogP contribution in [0.2, 0.25) is 0 Å². The van der Waals surface area contributed by atoms with Crippen molar-refractivity contribution >= 4 is 28.8 Å². The van der Waals surface area contributed by atoms with Crippen molar-refractivity contribution in [2.45, 2.75) is 71.3 Å². The van der Waals surface area contributed by atoms with Crippen molar-refractivity contribution in [3.05, 3.63) is 23.8 Å². The Hall–Kier alpha value is -2.17. The average Bonchev–Trinajstić information content (AvgIpc) is 2.69. The van der Waals surface area contributed by atoms with E-state index < -0.39 is 5.41 Å². The number of nitrogens with one attached hydrogen (secondary N) is 1. The Balaban J connectivity index is 1.88. The number of nitrogens with zero attached hydrogens (tertiary/aromatic N) is 2. The number of hydrogen-bond donors (Lipinski definition) is 1. The number of fused-ring (bicyclic) bond motifs is 1. The highest BCUT2D eigenvalue weighted by Crippen LogP contribution is 2.43. The number of rotatable bonds is 3. The van der Waals surface area contributed by atoms with E-state index in [2.05, 4.69) is 10.5 Å². The van der Waals surface area contributed by atoms with Crippen LogP contribution in [0.4, 0.5) is 11.4 Å². The van der Waals surface area contributed by atoms with Crippen molar-refractivity contribution in [1.82, 2.24) is 0 Å². The van der Waals surface area contributed by atoms with Crippen LogP contribution in [0.15, 0.2) is 23.3 Å². The van der Waals surface area contributed by atoms with Gasteiger partial charge in [0.25, 0.3) is 0 Å². The van der Waals surface area contributed by atoms with Gasteiger partial charge in [0.2, 0.25) is 5.91 Å². The van der Waals surface area contributed by atoms with Gasteiger partial charge in [-0.15, -0.1) is 0 Å². The summed E-state index contributed by atoms with van der Waals surface area (Å²) in [5.41, 5.74) is 5.90. The molecule has 1 aliphatic heterocycles. The summed E-state index contributed by atoms with van der Waals surface area (Å²) in [6.45, 7) is 7.97. The Bertz CT molecular complexity index is 734. The third-order valence-corrected chi connectivity index (χ3v) is 5.16. The van der Waals surface area contributed by atoms with Gasteiger partial charge in [0.05, 0.1) is 11.1 Å². The number of anilines is 2. The standard InChI is InChI=1S/C20H27N3O2/c1-13(2)23-17-11-10-14(12-15(17)20(3,4)19(23)25)21-22-16-8-6-5-7-9-18(16)24/h10-13,21H,5-9H2,1-4H3/b22-16+. The highest BCUT2D eigenvalue weighted by Gasteiger charge is 2.44. The maximum Gasteiger partial charge on any atom is 0.237 e. The first kappa shape index (κ1) is 17.6. The van der Waals surface area contributed by atoms with Crippen LogP contribution in [0.25, 0.3) is 0 Å². The first-order chi connectivity index (χ1) is 11.8. The van der Waals surface area contributed by atoms with Crippen molar-refractivity contribution in [3.63, 3.8) is 0 Å². The fraction of sp³-hybridized carbons (Fsp3) is 0.550. The molecule has 2 aliphatic rings. The second kappa shape index (κ2) is 6.62. The van der Waals surface area contributed by atoms with Crippen LogP contribution in [0, 0.1) is 0 Å². The maximum atomic E-state index is 12.8. The summed E-state index contributed by atoms with van der Waals surface area (Å²) in [6.07, 6.45) is 4.39. The molecule has 0 spiro atoms. The van der Waals surface area contributed by atoms with Crippen molar-refractivity contribution in [2.24, 2.45) is 5.10 Å². The number of benzene rings is 1. The maximum absolute atomic E-state index is 12.8. The molecule has 1 heterocycles. The topological polar surface area (TPSA) is 61.8 Å². The van der Waals surface area contributed by atoms with Gasteiger partial charge in [0.15, 0.2) is 5.78 Å². The summed E-state index contributed by atoms with van der Waals surface area (Å²) >= 11 is 0. The number of Topliss-reactive ketones (excluding diaryl/α,β-unsaturated/α-hetero) is 1. The second-order valence-corrected chi connectivity index (χ2v) is 7.78. The third-order valence-electron chi connectivity index (χ3n) is 5.16. The predicted octanol–water partition coefficient (Wildman–Crippen LogP) is 4.02. The molecule has 5 nitrogen and oxygen atoms in total. The predicted molar refractivity (Wildman–Crippen MR) is 101 cm³/mol. The summed E-state index contributed by atoms with van der Waals surface area (Å²) < 4.78 is 0. The molecule has 0 atom stereocenters. The van der Waals surface area contributed by atoms with Crippen LogP contribution in [0.3, 0.4) is 0 Å². The van der Waals surface area contributed by atoms with E-state index in [0.717, 1.165) is 42.6 Å². The lowest BCUT2D eigenvalue weighted by Gasteiger charge is -2.24. The van der Waals surface area contributed by atoms with Gasteiger partial charge in [-0.2, -0.15) is 5.10 Å². The quantitative estimate of drug-likeness (QED) is 0.667. The average molecular weight is 341 g/mol. The molecule has 0 radical (unpaired) electrons. The zero-order chi connectivity index (χ0) is 18.2. The highest BCUT2D eigenvalue weighted by atomic mass is 16.2. The molecule has 25 heavy (non-hydrogen) atoms. The Kier molecular flexibility index (Phi) is 4.67. The summed E-state index contributed by atoms with van der Waals surface area (Å²) in [5, 5.41) is 4.36. The van der Waals surface area contributed by atoms with Gasteiger partial charge in [-0.1, -0.05) is 6.42 Å². The SMILES string of the molecule is CC(C)N1C(=O)C(C)(C)c2cc(N/N=C3\CCCCCC3=O)ccc21. The Morgan fingerprint density at radius 3 is 2.56 bits per heavy atom. The fourth-order valence-electron chi connectivity index (χ4n) is 3.64. The molecule has 1 amide bonds. The molecule has 1 fully saturated rings. The molecule has 1 aromatic rings. The highest BCUT2D eigenvalue weighted by molar-refractivity contribution is 6.40. The van der Waals surface area contributed by atoms with E-state index in [4.69, 9.17) is 0 Å². The largest absolute Gasteiger partial charge is 0.309 e. The number of carbonyl (C=O) groups is 2. The number of amides is 1. The first-order valence-corrected chi connectivity index (χ1v) is 9.16. The minimum Gasteiger partial charge on any atom is -0.309 e. The van der Waals surface area contributed by atoms with Crippen molar-refractivity contribution in [3.8, 4) is 0 Å². The zero-order valence-corrected chi connectivity index (χ0v) is 15.6. The molecule has 1 aromatic carbocycles. The van der Waals surface area contributed by atoms with Crippen LogP contribution in [-0.2, 0) is 15.0 Å². The molecule has 1 N–H and O–H groups in total. The van der Waals surface area contributed by atoms with Gasteiger partial charge in [0.1, 0.15) is 5.71 Å². The van der Waals surface area contributed by atoms with Crippen LogP contribution in [0.5, 0.6) is 0 Å². The number of carbonyl (C=O) groups excluding carboxylic acids is 2. The Morgan fingerprint density at radius 2 is 1.84 bits per heavy atom. The minimum atomic E-state index is -0.553. The Morgan fingerprint density at radius 1 is 1.12 bits per heavy atom. The van der Waals surface area contributed by atoms with Gasteiger partial charge in [0, 0.05) is 18.2 Å². The molecular formula is C20H27N3O2. The second-order valence-electron chi connectivity index (χ2n) is 7.78. The molecule has 0 aromatic heterocycles. The molecular weight excluding hydrogens is 314 g/mol. The van der Waals surface area contributed by atoms with Crippen LogP contribution in [0.1, 0.15) is 65.4 Å². The zero-order valence-electron chi connectivity index (χ0n) is 15.6. The summed E-state index contributed by atoms with van der Waals surface area (Å²) in [6, 6.07) is 6.00. The van der Waals surface area contributed by atoms with Gasteiger partial charge in [-0.25, -0.2) is 0 Å². The van der Waals surface area contributed by atoms with Crippen LogP contribution < -0.4 is 10.3 Å². The normalized spacial score (nSPS) is 21.6. The van der Waals surface area contributed by atoms with Gasteiger partial charge in [-0.3, -0.25) is 15.0 Å². The van der Waals surface area contributed by atoms with E-state index in [1.54, 1.807) is 0 Å². The summed E-state index contributed by atoms with van der Waals surface area (Å²) in [4.78, 5) is 26.7. The molecule has 3 rings (SSSR count). The van der Waals surface area contributed by atoms with Gasteiger partial charge in [-0.05, 0) is 70.7 Å². The minimum absolute atomic E-state index is 0.121. The van der Waals surface area contributed by atoms with E-state index in [9.17, 15) is 9.59 Å². The lowest BCUT2D eigenvalue weighted by Crippen LogP contribution is -2.40. The monoisotopic (exact) mass is 341 g/mol. The first-order valence-electron chi connectivity index (χ1n) is 9.16. The molecule has 1 aliphatic carbocycles. The number of hydrazone groups is 1. The molecule has 5 heteroatoms. The number of ketones is 1. The summed E-state index contributed by atoms with van der Waals surface area (Å²) in [7, 11) is 0. The molecule has 0 unspecified atom stereocenters. The van der Waals surface area contributed by atoms with E-state index in [0.29, 0.717) is 12.1 Å². The molecule has 134 valence electrons. The lowest BCUT2D eigenvalue weighted by molar-refractivity contribution is -0.122.